The lowest BCUT2D eigenvalue weighted by molar-refractivity contribution is 0.235. The molecule has 0 bridgehead atoms. The molecule has 0 spiro atoms. The largest absolute Gasteiger partial charge is 0.327 e. The van der Waals surface area contributed by atoms with Crippen molar-refractivity contribution in [3.63, 3.8) is 0 Å². The van der Waals surface area contributed by atoms with E-state index in [0.717, 1.165) is 6.42 Å². The number of nitrogens with two attached hydrogens (primary N) is 1. The van der Waals surface area contributed by atoms with Gasteiger partial charge in [-0.3, -0.25) is 0 Å². The molecule has 16 heavy (non-hydrogen) atoms. The molecule has 0 amide bonds. The standard InChI is InChI=1S/C10H23N3O2S/c1-4-12(5-2)16(14,15)13-7-6-10(11)9(3)8-13/h9-10H,4-8,11H2,1-3H3. The highest BCUT2D eigenvalue weighted by atomic mass is 32.2. The lowest BCUT2D eigenvalue weighted by Gasteiger charge is -2.36. The van der Waals surface area contributed by atoms with E-state index in [1.165, 1.54) is 4.31 Å². The molecular weight excluding hydrogens is 226 g/mol. The molecule has 1 fully saturated rings. The van der Waals surface area contributed by atoms with Crippen LogP contribution in [-0.4, -0.2) is 49.2 Å². The van der Waals surface area contributed by atoms with Gasteiger partial charge in [-0.2, -0.15) is 17.0 Å². The third-order valence-electron chi connectivity index (χ3n) is 3.29. The number of hydrogen-bond donors (Lipinski definition) is 1. The molecule has 1 aliphatic heterocycles. The van der Waals surface area contributed by atoms with Gasteiger partial charge in [-0.15, -0.1) is 0 Å². The molecular formula is C10H23N3O2S. The summed E-state index contributed by atoms with van der Waals surface area (Å²) in [4.78, 5) is 0. The maximum absolute atomic E-state index is 12.2. The van der Waals surface area contributed by atoms with E-state index in [0.29, 0.717) is 26.2 Å². The van der Waals surface area contributed by atoms with Crippen molar-refractivity contribution in [2.75, 3.05) is 26.2 Å². The van der Waals surface area contributed by atoms with Crippen LogP contribution in [0.25, 0.3) is 0 Å². The fourth-order valence-corrected chi connectivity index (χ4v) is 3.79. The minimum absolute atomic E-state index is 0.128. The van der Waals surface area contributed by atoms with Crippen molar-refractivity contribution in [3.05, 3.63) is 0 Å². The molecule has 0 saturated carbocycles. The van der Waals surface area contributed by atoms with Crippen LogP contribution >= 0.6 is 0 Å². The Labute approximate surface area is 98.8 Å². The van der Waals surface area contributed by atoms with Crippen LogP contribution in [-0.2, 0) is 10.2 Å². The number of piperidine rings is 1. The van der Waals surface area contributed by atoms with E-state index in [2.05, 4.69) is 0 Å². The Morgan fingerprint density at radius 3 is 2.38 bits per heavy atom. The van der Waals surface area contributed by atoms with Crippen LogP contribution in [0.4, 0.5) is 0 Å². The summed E-state index contributed by atoms with van der Waals surface area (Å²) >= 11 is 0. The molecule has 2 N–H and O–H groups in total. The van der Waals surface area contributed by atoms with Crippen LogP contribution in [0.1, 0.15) is 27.2 Å². The smallest absolute Gasteiger partial charge is 0.281 e. The van der Waals surface area contributed by atoms with Gasteiger partial charge in [0.05, 0.1) is 0 Å². The molecule has 0 aromatic rings. The van der Waals surface area contributed by atoms with E-state index >= 15 is 0 Å². The molecule has 0 aromatic heterocycles. The molecule has 1 aliphatic rings. The molecule has 1 heterocycles. The molecule has 6 heteroatoms. The third-order valence-corrected chi connectivity index (χ3v) is 5.45. The maximum Gasteiger partial charge on any atom is 0.281 e. The second-order valence-corrected chi connectivity index (χ2v) is 6.31. The SMILES string of the molecule is CCN(CC)S(=O)(=O)N1CCC(N)C(C)C1. The van der Waals surface area contributed by atoms with E-state index < -0.39 is 10.2 Å². The summed E-state index contributed by atoms with van der Waals surface area (Å²) in [7, 11) is -3.27. The average Bonchev–Trinajstić information content (AvgIpc) is 2.23. The summed E-state index contributed by atoms with van der Waals surface area (Å²) in [5.74, 6) is 0.235. The monoisotopic (exact) mass is 249 g/mol. The predicted octanol–water partition coefficient (Wildman–Crippen LogP) is 0.242. The van der Waals surface area contributed by atoms with Gasteiger partial charge in [0.25, 0.3) is 10.2 Å². The Morgan fingerprint density at radius 1 is 1.38 bits per heavy atom. The van der Waals surface area contributed by atoms with Gasteiger partial charge in [0.1, 0.15) is 0 Å². The van der Waals surface area contributed by atoms with Gasteiger partial charge >= 0.3 is 0 Å². The second kappa shape index (κ2) is 5.44. The van der Waals surface area contributed by atoms with Crippen LogP contribution in [0.3, 0.4) is 0 Å². The van der Waals surface area contributed by atoms with Gasteiger partial charge in [-0.25, -0.2) is 0 Å². The van der Waals surface area contributed by atoms with Crippen LogP contribution in [0.2, 0.25) is 0 Å². The van der Waals surface area contributed by atoms with E-state index in [1.807, 2.05) is 20.8 Å². The summed E-state index contributed by atoms with van der Waals surface area (Å²) in [6, 6.07) is 0.128. The topological polar surface area (TPSA) is 66.6 Å². The van der Waals surface area contributed by atoms with Crippen molar-refractivity contribution in [1.29, 1.82) is 0 Å². The van der Waals surface area contributed by atoms with Crippen LogP contribution < -0.4 is 5.73 Å². The van der Waals surface area contributed by atoms with Gasteiger partial charge in [-0.05, 0) is 12.3 Å². The zero-order valence-corrected chi connectivity index (χ0v) is 11.2. The Kier molecular flexibility index (Phi) is 4.73. The zero-order valence-electron chi connectivity index (χ0n) is 10.4. The van der Waals surface area contributed by atoms with E-state index in [-0.39, 0.29) is 12.0 Å². The van der Waals surface area contributed by atoms with Crippen LogP contribution in [0.5, 0.6) is 0 Å². The Bertz CT molecular complexity index is 314. The van der Waals surface area contributed by atoms with Gasteiger partial charge in [-0.1, -0.05) is 20.8 Å². The summed E-state index contributed by atoms with van der Waals surface area (Å²) < 4.78 is 27.5. The fraction of sp³-hybridized carbons (Fsp3) is 1.00. The van der Waals surface area contributed by atoms with Gasteiger partial charge in [0, 0.05) is 32.2 Å². The minimum atomic E-state index is -3.27. The zero-order chi connectivity index (χ0) is 12.3. The summed E-state index contributed by atoms with van der Waals surface area (Å²) in [5.41, 5.74) is 5.89. The summed E-state index contributed by atoms with van der Waals surface area (Å²) in [6.07, 6.45) is 0.752. The Morgan fingerprint density at radius 2 is 1.94 bits per heavy atom. The molecule has 1 saturated heterocycles. The Balaban J connectivity index is 2.77. The van der Waals surface area contributed by atoms with Crippen molar-refractivity contribution >= 4 is 10.2 Å². The molecule has 1 rings (SSSR count). The molecule has 2 unspecified atom stereocenters. The summed E-state index contributed by atoms with van der Waals surface area (Å²) in [5, 5.41) is 0. The summed E-state index contributed by atoms with van der Waals surface area (Å²) in [6.45, 7) is 7.87. The lowest BCUT2D eigenvalue weighted by atomic mass is 9.96. The third kappa shape index (κ3) is 2.74. The molecule has 5 nitrogen and oxygen atoms in total. The average molecular weight is 249 g/mol. The van der Waals surface area contributed by atoms with E-state index in [9.17, 15) is 8.42 Å². The maximum atomic E-state index is 12.2. The van der Waals surface area contributed by atoms with Crippen LogP contribution in [0.15, 0.2) is 0 Å². The van der Waals surface area contributed by atoms with E-state index in [4.69, 9.17) is 5.73 Å². The van der Waals surface area contributed by atoms with Crippen molar-refractivity contribution < 1.29 is 8.42 Å². The number of rotatable bonds is 4. The first-order valence-electron chi connectivity index (χ1n) is 5.94. The predicted molar refractivity (Wildman–Crippen MR) is 65.2 cm³/mol. The van der Waals surface area contributed by atoms with Crippen LogP contribution in [0, 0.1) is 5.92 Å². The first kappa shape index (κ1) is 13.9. The normalized spacial score (nSPS) is 28.6. The van der Waals surface area contributed by atoms with Crippen molar-refractivity contribution in [2.24, 2.45) is 11.7 Å². The molecule has 2 atom stereocenters. The number of nitrogens with zero attached hydrogens (tertiary/aromatic N) is 2. The number of hydrogen-bond acceptors (Lipinski definition) is 3. The second-order valence-electron chi connectivity index (χ2n) is 4.38. The fourth-order valence-electron chi connectivity index (χ4n) is 2.05. The minimum Gasteiger partial charge on any atom is -0.327 e. The highest BCUT2D eigenvalue weighted by Gasteiger charge is 2.33. The molecule has 0 radical (unpaired) electrons. The molecule has 0 aliphatic carbocycles. The van der Waals surface area contributed by atoms with Gasteiger partial charge in [0.2, 0.25) is 0 Å². The first-order chi connectivity index (χ1) is 7.43. The van der Waals surface area contributed by atoms with E-state index in [1.54, 1.807) is 4.31 Å². The highest BCUT2D eigenvalue weighted by molar-refractivity contribution is 7.86. The van der Waals surface area contributed by atoms with Crippen molar-refractivity contribution in [1.82, 2.24) is 8.61 Å². The lowest BCUT2D eigenvalue weighted by Crippen LogP contribution is -2.52. The molecule has 0 aromatic carbocycles. The van der Waals surface area contributed by atoms with Crippen molar-refractivity contribution in [2.45, 2.75) is 33.2 Å². The van der Waals surface area contributed by atoms with Crippen molar-refractivity contribution in [3.8, 4) is 0 Å². The quantitative estimate of drug-likeness (QED) is 0.776. The Hall–Kier alpha value is -0.170. The van der Waals surface area contributed by atoms with Gasteiger partial charge < -0.3 is 5.73 Å². The first-order valence-corrected chi connectivity index (χ1v) is 7.34. The highest BCUT2D eigenvalue weighted by Crippen LogP contribution is 2.19. The molecule has 96 valence electrons. The van der Waals surface area contributed by atoms with Gasteiger partial charge in [0.15, 0.2) is 0 Å².